The van der Waals surface area contributed by atoms with Crippen LogP contribution in [-0.4, -0.2) is 29.6 Å². The van der Waals surface area contributed by atoms with Gasteiger partial charge in [-0.15, -0.1) is 0 Å². The quantitative estimate of drug-likeness (QED) is 0.732. The van der Waals surface area contributed by atoms with E-state index in [1.165, 1.54) is 32.1 Å². The molecule has 2 fully saturated rings. The molecule has 1 heterocycles. The molecule has 1 aliphatic carbocycles. The van der Waals surface area contributed by atoms with Crippen LogP contribution in [0.5, 0.6) is 0 Å². The van der Waals surface area contributed by atoms with Gasteiger partial charge in [0.25, 0.3) is 0 Å². The van der Waals surface area contributed by atoms with Gasteiger partial charge in [0.1, 0.15) is 0 Å². The summed E-state index contributed by atoms with van der Waals surface area (Å²) in [5, 5.41) is 0. The molecule has 0 spiro atoms. The van der Waals surface area contributed by atoms with Crippen LogP contribution in [0.15, 0.2) is 0 Å². The SMILES string of the molecule is CCC1CCCCC1N1CC(C)(N)C1. The molecule has 0 amide bonds. The van der Waals surface area contributed by atoms with Crippen molar-refractivity contribution in [1.82, 2.24) is 4.90 Å². The maximum atomic E-state index is 6.06. The summed E-state index contributed by atoms with van der Waals surface area (Å²) in [6, 6.07) is 0.852. The first-order valence-electron chi connectivity index (χ1n) is 6.15. The van der Waals surface area contributed by atoms with Crippen LogP contribution >= 0.6 is 0 Å². The molecule has 0 bridgehead atoms. The monoisotopic (exact) mass is 196 g/mol. The molecule has 2 unspecified atom stereocenters. The minimum Gasteiger partial charge on any atom is -0.323 e. The summed E-state index contributed by atoms with van der Waals surface area (Å²) in [5.41, 5.74) is 6.17. The van der Waals surface area contributed by atoms with Crippen LogP contribution in [-0.2, 0) is 0 Å². The third-order valence-corrected chi connectivity index (χ3v) is 3.99. The summed E-state index contributed by atoms with van der Waals surface area (Å²) in [6.45, 7) is 6.75. The highest BCUT2D eigenvalue weighted by atomic mass is 15.3. The Labute approximate surface area is 87.8 Å². The van der Waals surface area contributed by atoms with Crippen LogP contribution in [0.25, 0.3) is 0 Å². The minimum atomic E-state index is 0.107. The molecule has 1 saturated carbocycles. The van der Waals surface area contributed by atoms with Crippen LogP contribution in [0.3, 0.4) is 0 Å². The van der Waals surface area contributed by atoms with Gasteiger partial charge >= 0.3 is 0 Å². The predicted molar refractivity (Wildman–Crippen MR) is 60.2 cm³/mol. The molecular formula is C12H24N2. The number of hydrogen-bond acceptors (Lipinski definition) is 2. The molecule has 0 aromatic rings. The summed E-state index contributed by atoms with van der Waals surface area (Å²) < 4.78 is 0. The van der Waals surface area contributed by atoms with Crippen molar-refractivity contribution < 1.29 is 0 Å². The summed E-state index contributed by atoms with van der Waals surface area (Å²) >= 11 is 0. The molecule has 82 valence electrons. The highest BCUT2D eigenvalue weighted by Gasteiger charge is 2.41. The van der Waals surface area contributed by atoms with Crippen molar-refractivity contribution in [3.8, 4) is 0 Å². The van der Waals surface area contributed by atoms with Gasteiger partial charge in [-0.25, -0.2) is 0 Å². The lowest BCUT2D eigenvalue weighted by Crippen LogP contribution is -2.68. The van der Waals surface area contributed by atoms with Crippen molar-refractivity contribution >= 4 is 0 Å². The molecule has 1 aliphatic heterocycles. The van der Waals surface area contributed by atoms with E-state index in [1.54, 1.807) is 0 Å². The van der Waals surface area contributed by atoms with Gasteiger partial charge in [-0.1, -0.05) is 26.2 Å². The number of nitrogens with two attached hydrogens (primary N) is 1. The normalized spacial score (nSPS) is 37.9. The zero-order valence-corrected chi connectivity index (χ0v) is 9.63. The minimum absolute atomic E-state index is 0.107. The van der Waals surface area contributed by atoms with E-state index in [9.17, 15) is 0 Å². The Morgan fingerprint density at radius 3 is 2.50 bits per heavy atom. The van der Waals surface area contributed by atoms with E-state index in [-0.39, 0.29) is 5.54 Å². The van der Waals surface area contributed by atoms with E-state index in [0.29, 0.717) is 0 Å². The fourth-order valence-corrected chi connectivity index (χ4v) is 3.26. The predicted octanol–water partition coefficient (Wildman–Crippen LogP) is 1.99. The topological polar surface area (TPSA) is 29.3 Å². The second kappa shape index (κ2) is 3.82. The molecule has 14 heavy (non-hydrogen) atoms. The molecule has 2 aliphatic rings. The second-order valence-electron chi connectivity index (χ2n) is 5.58. The lowest BCUT2D eigenvalue weighted by Gasteiger charge is -2.52. The van der Waals surface area contributed by atoms with E-state index in [1.807, 2.05) is 0 Å². The molecule has 2 nitrogen and oxygen atoms in total. The first-order valence-corrected chi connectivity index (χ1v) is 6.15. The first-order chi connectivity index (χ1) is 6.62. The zero-order valence-electron chi connectivity index (χ0n) is 9.63. The summed E-state index contributed by atoms with van der Waals surface area (Å²) in [5.74, 6) is 0.944. The molecule has 2 heteroatoms. The van der Waals surface area contributed by atoms with E-state index in [4.69, 9.17) is 5.73 Å². The summed E-state index contributed by atoms with van der Waals surface area (Å²) in [6.07, 6.45) is 7.08. The zero-order chi connectivity index (χ0) is 10.2. The molecule has 2 rings (SSSR count). The van der Waals surface area contributed by atoms with E-state index in [2.05, 4.69) is 18.7 Å². The maximum Gasteiger partial charge on any atom is 0.0384 e. The van der Waals surface area contributed by atoms with E-state index < -0.39 is 0 Å². The Balaban J connectivity index is 1.89. The fraction of sp³-hybridized carbons (Fsp3) is 1.00. The average molecular weight is 196 g/mol. The third-order valence-electron chi connectivity index (χ3n) is 3.99. The molecule has 2 atom stereocenters. The maximum absolute atomic E-state index is 6.06. The summed E-state index contributed by atoms with van der Waals surface area (Å²) in [4.78, 5) is 2.62. The number of likely N-dealkylation sites (tertiary alicyclic amines) is 1. The Hall–Kier alpha value is -0.0800. The first kappa shape index (κ1) is 10.4. The third kappa shape index (κ3) is 1.96. The van der Waals surface area contributed by atoms with Crippen LogP contribution in [0.2, 0.25) is 0 Å². The molecular weight excluding hydrogens is 172 g/mol. The number of nitrogens with zero attached hydrogens (tertiary/aromatic N) is 1. The Morgan fingerprint density at radius 2 is 1.93 bits per heavy atom. The fourth-order valence-electron chi connectivity index (χ4n) is 3.26. The number of rotatable bonds is 2. The molecule has 2 N–H and O–H groups in total. The van der Waals surface area contributed by atoms with Gasteiger partial charge in [0.05, 0.1) is 0 Å². The lowest BCUT2D eigenvalue weighted by atomic mass is 9.78. The second-order valence-corrected chi connectivity index (χ2v) is 5.58. The largest absolute Gasteiger partial charge is 0.323 e. The van der Waals surface area contributed by atoms with Gasteiger partial charge in [-0.2, -0.15) is 0 Å². The van der Waals surface area contributed by atoms with Gasteiger partial charge in [0.2, 0.25) is 0 Å². The highest BCUT2D eigenvalue weighted by Crippen LogP contribution is 2.34. The van der Waals surface area contributed by atoms with Gasteiger partial charge in [-0.3, -0.25) is 4.90 Å². The van der Waals surface area contributed by atoms with Crippen molar-refractivity contribution in [1.29, 1.82) is 0 Å². The molecule has 0 aromatic carbocycles. The smallest absolute Gasteiger partial charge is 0.0384 e. The van der Waals surface area contributed by atoms with Crippen molar-refractivity contribution in [3.05, 3.63) is 0 Å². The molecule has 0 radical (unpaired) electrons. The Kier molecular flexibility index (Phi) is 2.85. The Morgan fingerprint density at radius 1 is 1.29 bits per heavy atom. The van der Waals surface area contributed by atoms with Gasteiger partial charge < -0.3 is 5.73 Å². The average Bonchev–Trinajstić information content (AvgIpc) is 2.14. The van der Waals surface area contributed by atoms with Crippen LogP contribution in [0.4, 0.5) is 0 Å². The van der Waals surface area contributed by atoms with E-state index >= 15 is 0 Å². The van der Waals surface area contributed by atoms with Crippen molar-refractivity contribution in [3.63, 3.8) is 0 Å². The number of hydrogen-bond donors (Lipinski definition) is 1. The van der Waals surface area contributed by atoms with Crippen LogP contribution in [0.1, 0.15) is 46.0 Å². The lowest BCUT2D eigenvalue weighted by molar-refractivity contribution is -0.00335. The van der Waals surface area contributed by atoms with Crippen LogP contribution in [0, 0.1) is 5.92 Å². The molecule has 1 saturated heterocycles. The van der Waals surface area contributed by atoms with E-state index in [0.717, 1.165) is 25.0 Å². The van der Waals surface area contributed by atoms with Gasteiger partial charge in [0.15, 0.2) is 0 Å². The van der Waals surface area contributed by atoms with Crippen molar-refractivity contribution in [2.24, 2.45) is 11.7 Å². The van der Waals surface area contributed by atoms with Crippen molar-refractivity contribution in [2.45, 2.75) is 57.5 Å². The van der Waals surface area contributed by atoms with Crippen LogP contribution < -0.4 is 5.73 Å². The van der Waals surface area contributed by atoms with Gasteiger partial charge in [-0.05, 0) is 25.7 Å². The highest BCUT2D eigenvalue weighted by molar-refractivity contribution is 5.00. The van der Waals surface area contributed by atoms with Gasteiger partial charge in [0, 0.05) is 24.7 Å². The van der Waals surface area contributed by atoms with Crippen molar-refractivity contribution in [2.75, 3.05) is 13.1 Å². The standard InChI is InChI=1S/C12H24N2/c1-3-10-6-4-5-7-11(10)14-8-12(2,13)9-14/h10-11H,3-9,13H2,1-2H3. The summed E-state index contributed by atoms with van der Waals surface area (Å²) in [7, 11) is 0. The Bertz CT molecular complexity index is 192. The molecule has 0 aromatic heterocycles.